The summed E-state index contributed by atoms with van der Waals surface area (Å²) in [6.07, 6.45) is 1.18. The number of methoxy groups -OCH3 is 1. The number of sulfonamides is 1. The predicted octanol–water partition coefficient (Wildman–Crippen LogP) is 2.63. The quantitative estimate of drug-likeness (QED) is 0.629. The fourth-order valence-corrected chi connectivity index (χ4v) is 3.89. The van der Waals surface area contributed by atoms with Gasteiger partial charge in [-0.05, 0) is 42.8 Å². The van der Waals surface area contributed by atoms with Crippen molar-refractivity contribution in [3.63, 3.8) is 0 Å². The highest BCUT2D eigenvalue weighted by Gasteiger charge is 2.19. The number of nitrogens with zero attached hydrogens (tertiary/aromatic N) is 3. The van der Waals surface area contributed by atoms with Gasteiger partial charge in [0.1, 0.15) is 0 Å². The maximum absolute atomic E-state index is 12.4. The molecule has 1 aromatic heterocycles. The van der Waals surface area contributed by atoms with E-state index >= 15 is 0 Å². The Morgan fingerprint density at radius 2 is 1.85 bits per heavy atom. The summed E-state index contributed by atoms with van der Waals surface area (Å²) in [7, 11) is -0.336. The van der Waals surface area contributed by atoms with Crippen LogP contribution in [0, 0.1) is 6.92 Å². The maximum Gasteiger partial charge on any atom is 0.337 e. The normalized spacial score (nSPS) is 11.6. The summed E-state index contributed by atoms with van der Waals surface area (Å²) in [5.74, 6) is -0.431. The van der Waals surface area contributed by atoms with Crippen LogP contribution in [0.3, 0.4) is 0 Å². The van der Waals surface area contributed by atoms with Crippen LogP contribution < -0.4 is 4.31 Å². The molecule has 3 rings (SSSR count). The van der Waals surface area contributed by atoms with E-state index in [1.165, 1.54) is 17.7 Å². The van der Waals surface area contributed by atoms with Gasteiger partial charge in [0.2, 0.25) is 10.0 Å². The molecule has 2 aromatic carbocycles. The van der Waals surface area contributed by atoms with Crippen LogP contribution in [0.2, 0.25) is 0 Å². The first kappa shape index (κ1) is 18.9. The van der Waals surface area contributed by atoms with Crippen molar-refractivity contribution in [2.24, 2.45) is 7.05 Å². The van der Waals surface area contributed by atoms with Crippen molar-refractivity contribution in [3.05, 3.63) is 59.3 Å². The van der Waals surface area contributed by atoms with E-state index in [9.17, 15) is 13.2 Å². The molecule has 0 atom stereocenters. The second-order valence-corrected chi connectivity index (χ2v) is 8.28. The van der Waals surface area contributed by atoms with E-state index in [0.717, 1.165) is 22.2 Å². The van der Waals surface area contributed by atoms with E-state index in [1.807, 2.05) is 26.1 Å². The number of anilines is 1. The number of aromatic nitrogens is 2. The molecule has 0 amide bonds. The van der Waals surface area contributed by atoms with E-state index < -0.39 is 16.0 Å². The van der Waals surface area contributed by atoms with Crippen molar-refractivity contribution < 1.29 is 17.9 Å². The molecule has 0 unspecified atom stereocenters. The molecule has 27 heavy (non-hydrogen) atoms. The molecule has 0 aliphatic heterocycles. The molecule has 142 valence electrons. The third-order valence-electron chi connectivity index (χ3n) is 4.41. The predicted molar refractivity (Wildman–Crippen MR) is 104 cm³/mol. The van der Waals surface area contributed by atoms with Crippen LogP contribution in [0.5, 0.6) is 0 Å². The summed E-state index contributed by atoms with van der Waals surface area (Å²) in [5, 5.41) is 5.28. The number of hydrogen-bond donors (Lipinski definition) is 0. The second kappa shape index (κ2) is 7.03. The van der Waals surface area contributed by atoms with Gasteiger partial charge in [-0.25, -0.2) is 13.2 Å². The molecule has 0 spiro atoms. The number of carbonyl (C=O) groups excluding carboxylic acids is 1. The minimum atomic E-state index is -3.51. The Balaban J connectivity index is 1.98. The molecule has 3 aromatic rings. The SMILES string of the molecule is COC(=O)c1ccc(CN(c2ccc3c(c2)c(C)nn3C)S(C)(=O)=O)cc1. The van der Waals surface area contributed by atoms with Crippen LogP contribution in [-0.4, -0.2) is 37.5 Å². The zero-order valence-electron chi connectivity index (χ0n) is 15.6. The second-order valence-electron chi connectivity index (χ2n) is 6.37. The molecule has 0 saturated carbocycles. The van der Waals surface area contributed by atoms with Crippen LogP contribution in [0.4, 0.5) is 5.69 Å². The number of ether oxygens (including phenoxy) is 1. The lowest BCUT2D eigenvalue weighted by Crippen LogP contribution is -2.29. The first-order valence-electron chi connectivity index (χ1n) is 8.29. The lowest BCUT2D eigenvalue weighted by molar-refractivity contribution is 0.0600. The standard InChI is InChI=1S/C19H21N3O4S/c1-13-17-11-16(9-10-18(17)21(2)20-13)22(27(4,24)25)12-14-5-7-15(8-6-14)19(23)26-3/h5-11H,12H2,1-4H3. The molecule has 0 N–H and O–H groups in total. The number of carbonyl (C=O) groups is 1. The van der Waals surface area contributed by atoms with Crippen LogP contribution >= 0.6 is 0 Å². The van der Waals surface area contributed by atoms with Gasteiger partial charge in [0.05, 0.1) is 42.4 Å². The summed E-state index contributed by atoms with van der Waals surface area (Å²) in [6, 6.07) is 12.2. The number of aryl methyl sites for hydroxylation is 2. The van der Waals surface area contributed by atoms with Crippen LogP contribution in [0.1, 0.15) is 21.6 Å². The van der Waals surface area contributed by atoms with Crippen molar-refractivity contribution in [2.45, 2.75) is 13.5 Å². The number of esters is 1. The number of rotatable bonds is 5. The molecule has 0 saturated heterocycles. The molecule has 0 aliphatic rings. The van der Waals surface area contributed by atoms with E-state index in [0.29, 0.717) is 11.3 Å². The molecular formula is C19H21N3O4S. The number of fused-ring (bicyclic) bond motifs is 1. The highest BCUT2D eigenvalue weighted by Crippen LogP contribution is 2.27. The minimum Gasteiger partial charge on any atom is -0.465 e. The first-order valence-corrected chi connectivity index (χ1v) is 10.1. The van der Waals surface area contributed by atoms with Crippen molar-refractivity contribution >= 4 is 32.6 Å². The molecule has 7 nitrogen and oxygen atoms in total. The monoisotopic (exact) mass is 387 g/mol. The Kier molecular flexibility index (Phi) is 4.93. The third kappa shape index (κ3) is 3.80. The van der Waals surface area contributed by atoms with Crippen LogP contribution in [-0.2, 0) is 28.4 Å². The summed E-state index contributed by atoms with van der Waals surface area (Å²) in [6.45, 7) is 2.05. The van der Waals surface area contributed by atoms with E-state index in [2.05, 4.69) is 9.84 Å². The fourth-order valence-electron chi connectivity index (χ4n) is 3.01. The lowest BCUT2D eigenvalue weighted by atomic mass is 10.1. The van der Waals surface area contributed by atoms with Gasteiger partial charge in [0.25, 0.3) is 0 Å². The third-order valence-corrected chi connectivity index (χ3v) is 5.55. The van der Waals surface area contributed by atoms with Crippen molar-refractivity contribution in [3.8, 4) is 0 Å². The van der Waals surface area contributed by atoms with Gasteiger partial charge in [0, 0.05) is 12.4 Å². The highest BCUT2D eigenvalue weighted by molar-refractivity contribution is 7.92. The van der Waals surface area contributed by atoms with Crippen LogP contribution in [0.25, 0.3) is 10.9 Å². The molecule has 0 radical (unpaired) electrons. The summed E-state index contributed by atoms with van der Waals surface area (Å²) < 4.78 is 32.6. The van der Waals surface area contributed by atoms with E-state index in [4.69, 9.17) is 0 Å². The van der Waals surface area contributed by atoms with E-state index in [1.54, 1.807) is 35.0 Å². The Morgan fingerprint density at radius 1 is 1.19 bits per heavy atom. The topological polar surface area (TPSA) is 81.5 Å². The van der Waals surface area contributed by atoms with Gasteiger partial charge in [-0.3, -0.25) is 8.99 Å². The zero-order chi connectivity index (χ0) is 19.8. The first-order chi connectivity index (χ1) is 12.7. The summed E-state index contributed by atoms with van der Waals surface area (Å²) in [4.78, 5) is 11.5. The van der Waals surface area contributed by atoms with Gasteiger partial charge in [-0.15, -0.1) is 0 Å². The van der Waals surface area contributed by atoms with Crippen molar-refractivity contribution in [2.75, 3.05) is 17.7 Å². The molecule has 0 aliphatic carbocycles. The molecule has 8 heteroatoms. The van der Waals surface area contributed by atoms with Gasteiger partial charge in [0.15, 0.2) is 0 Å². The van der Waals surface area contributed by atoms with Gasteiger partial charge >= 0.3 is 5.97 Å². The Hall–Kier alpha value is -2.87. The average Bonchev–Trinajstić information content (AvgIpc) is 2.92. The molecule has 0 fully saturated rings. The number of benzene rings is 2. The van der Waals surface area contributed by atoms with Crippen LogP contribution in [0.15, 0.2) is 42.5 Å². The van der Waals surface area contributed by atoms with Gasteiger partial charge in [-0.2, -0.15) is 5.10 Å². The Labute approximate surface area is 158 Å². The summed E-state index contributed by atoms with van der Waals surface area (Å²) in [5.41, 5.74) is 3.52. The molecule has 0 bridgehead atoms. The van der Waals surface area contributed by atoms with Crippen molar-refractivity contribution in [1.29, 1.82) is 0 Å². The van der Waals surface area contributed by atoms with Gasteiger partial charge < -0.3 is 4.74 Å². The highest BCUT2D eigenvalue weighted by atomic mass is 32.2. The maximum atomic E-state index is 12.4. The number of hydrogen-bond acceptors (Lipinski definition) is 5. The minimum absolute atomic E-state index is 0.158. The lowest BCUT2D eigenvalue weighted by Gasteiger charge is -2.23. The Bertz CT molecular complexity index is 1100. The van der Waals surface area contributed by atoms with E-state index in [-0.39, 0.29) is 6.54 Å². The largest absolute Gasteiger partial charge is 0.465 e. The summed E-state index contributed by atoms with van der Waals surface area (Å²) >= 11 is 0. The molecular weight excluding hydrogens is 366 g/mol. The van der Waals surface area contributed by atoms with Crippen molar-refractivity contribution in [1.82, 2.24) is 9.78 Å². The zero-order valence-corrected chi connectivity index (χ0v) is 16.4. The Morgan fingerprint density at radius 3 is 2.44 bits per heavy atom. The smallest absolute Gasteiger partial charge is 0.337 e. The average molecular weight is 387 g/mol. The fraction of sp³-hybridized carbons (Fsp3) is 0.263. The molecule has 1 heterocycles. The van der Waals surface area contributed by atoms with Gasteiger partial charge in [-0.1, -0.05) is 12.1 Å².